The van der Waals surface area contributed by atoms with Gasteiger partial charge >= 0.3 is 12.1 Å². The molecule has 0 radical (unpaired) electrons. The number of halogens is 3. The molecule has 7 heterocycles. The number of nitrogen functional groups attached to an aromatic ring is 1. The van der Waals surface area contributed by atoms with Gasteiger partial charge in [0, 0.05) is 42.7 Å². The molecule has 1 saturated carbocycles. The number of anilines is 2. The molecule has 4 saturated heterocycles. The largest absolute Gasteiger partial charge is 0.467 e. The number of ether oxygens (including phenoxy) is 3. The number of piperazine rings is 1. The number of alkyl halides is 1. The summed E-state index contributed by atoms with van der Waals surface area (Å²) >= 11 is 0.891. The van der Waals surface area contributed by atoms with Gasteiger partial charge in [-0.3, -0.25) is 9.69 Å². The molecule has 3 aromatic heterocycles. The van der Waals surface area contributed by atoms with Crippen molar-refractivity contribution >= 4 is 49.2 Å². The first kappa shape index (κ1) is 37.2. The van der Waals surface area contributed by atoms with Crippen LogP contribution in [0.2, 0.25) is 0 Å². The van der Waals surface area contributed by atoms with Crippen LogP contribution in [0.5, 0.6) is 11.8 Å². The Bertz CT molecular complexity index is 2470. The fourth-order valence-electron chi connectivity index (χ4n) is 8.77. The number of amides is 1. The molecule has 2 N–H and O–H groups in total. The third kappa shape index (κ3) is 6.58. The predicted molar refractivity (Wildman–Crippen MR) is 208 cm³/mol. The second kappa shape index (κ2) is 14.8. The molecule has 5 aliphatic rings. The van der Waals surface area contributed by atoms with Crippen molar-refractivity contribution in [1.82, 2.24) is 24.3 Å². The Morgan fingerprint density at radius 1 is 1.00 bits per heavy atom. The molecule has 2 aromatic carbocycles. The summed E-state index contributed by atoms with van der Waals surface area (Å²) in [5, 5.41) is 10.1. The van der Waals surface area contributed by atoms with Gasteiger partial charge in [0.1, 0.15) is 45.5 Å². The van der Waals surface area contributed by atoms with Crippen LogP contribution in [0.15, 0.2) is 47.3 Å². The number of fused-ring (bicyclic) bond motifs is 5. The molecule has 57 heavy (non-hydrogen) atoms. The molecule has 17 heteroatoms. The van der Waals surface area contributed by atoms with E-state index in [0.29, 0.717) is 31.2 Å². The van der Waals surface area contributed by atoms with E-state index in [0.717, 1.165) is 24.3 Å². The van der Waals surface area contributed by atoms with Crippen molar-refractivity contribution in [3.05, 3.63) is 70.0 Å². The topological polar surface area (TPSA) is 152 Å². The first-order valence-electron chi connectivity index (χ1n) is 19.0. The van der Waals surface area contributed by atoms with E-state index < -0.39 is 41.5 Å². The molecule has 4 unspecified atom stereocenters. The van der Waals surface area contributed by atoms with Crippen molar-refractivity contribution in [2.45, 2.75) is 62.4 Å². The van der Waals surface area contributed by atoms with Crippen molar-refractivity contribution in [2.24, 2.45) is 0 Å². The number of rotatable bonds is 5. The van der Waals surface area contributed by atoms with Crippen molar-refractivity contribution in [1.29, 1.82) is 5.26 Å². The average molecular weight is 801 g/mol. The van der Waals surface area contributed by atoms with Gasteiger partial charge in [-0.1, -0.05) is 18.2 Å². The molecule has 4 atom stereocenters. The fourth-order valence-corrected chi connectivity index (χ4v) is 9.72. The lowest BCUT2D eigenvalue weighted by Crippen LogP contribution is -2.66. The van der Waals surface area contributed by atoms with E-state index in [-0.39, 0.29) is 87.0 Å². The highest BCUT2D eigenvalue weighted by molar-refractivity contribution is 7.23. The van der Waals surface area contributed by atoms with Gasteiger partial charge < -0.3 is 34.3 Å². The minimum absolute atomic E-state index is 0.0104. The van der Waals surface area contributed by atoms with Gasteiger partial charge in [-0.25, -0.2) is 18.0 Å². The maximum Gasteiger partial charge on any atom is 0.415 e. The lowest BCUT2D eigenvalue weighted by atomic mass is 10.00. The van der Waals surface area contributed by atoms with Gasteiger partial charge in [0.25, 0.3) is 5.56 Å². The van der Waals surface area contributed by atoms with Gasteiger partial charge in [-0.15, -0.1) is 11.3 Å². The molecule has 2 bridgehead atoms. The third-order valence-corrected chi connectivity index (χ3v) is 12.4. The van der Waals surface area contributed by atoms with Crippen LogP contribution in [-0.2, 0) is 4.74 Å². The number of benzene rings is 2. The van der Waals surface area contributed by atoms with Crippen LogP contribution in [0.1, 0.15) is 43.7 Å². The molecular weight excluding hydrogens is 762 g/mol. The standard InChI is InChI=1S/C33H27F2N7O5S.C7H12FN/c1-45-32-38-26-24(30(39-32)41-17-12-40(13-18(41)15-46-14-17)33(44)47-19-5-3-2-4-6-19)31(43)42(16-7-8-16)27(25(26)35)20-9-10-22(34)28-23(20)21(11-36)29(37)48-28;8-6-4-7-2-1-3-9(7)5-6/h2-6,9-10,16-18H,7-8,12-15,37H2,1H3;6-7H,1-5H2. The van der Waals surface area contributed by atoms with E-state index in [1.807, 2.05) is 17.0 Å². The SMILES string of the molecule is COc1nc(N2C3COCC2CN(C(=O)Oc2ccccc2)C3)c2c(=O)n(C3CC3)c(-c3ccc(F)c4sc(N)c(C#N)c34)c(F)c2n1.FC1CC2CCCN2C1. The molecule has 0 spiro atoms. The van der Waals surface area contributed by atoms with Gasteiger partial charge in [-0.2, -0.15) is 15.2 Å². The number of pyridine rings is 1. The number of aromatic nitrogens is 3. The highest BCUT2D eigenvalue weighted by atomic mass is 32.1. The van der Waals surface area contributed by atoms with E-state index in [9.17, 15) is 23.6 Å². The van der Waals surface area contributed by atoms with E-state index >= 15 is 4.39 Å². The van der Waals surface area contributed by atoms with Gasteiger partial charge in [-0.05, 0) is 62.9 Å². The number of carbonyl (C=O) groups is 1. The number of nitrogens with two attached hydrogens (primary N) is 1. The van der Waals surface area contributed by atoms with Gasteiger partial charge in [0.2, 0.25) is 0 Å². The van der Waals surface area contributed by atoms with Crippen molar-refractivity contribution in [2.75, 3.05) is 57.1 Å². The summed E-state index contributed by atoms with van der Waals surface area (Å²) in [6, 6.07) is 12.5. The van der Waals surface area contributed by atoms with Crippen molar-refractivity contribution in [3.63, 3.8) is 0 Å². The maximum atomic E-state index is 17.2. The van der Waals surface area contributed by atoms with E-state index in [4.69, 9.17) is 19.9 Å². The van der Waals surface area contributed by atoms with Gasteiger partial charge in [0.05, 0.1) is 48.4 Å². The van der Waals surface area contributed by atoms with Crippen LogP contribution < -0.4 is 25.7 Å². The van der Waals surface area contributed by atoms with E-state index in [1.165, 1.54) is 36.7 Å². The Morgan fingerprint density at radius 2 is 1.75 bits per heavy atom. The molecular formula is C40H39F3N8O5S. The van der Waals surface area contributed by atoms with Crippen molar-refractivity contribution < 1.29 is 32.2 Å². The Labute approximate surface area is 329 Å². The highest BCUT2D eigenvalue weighted by Gasteiger charge is 2.44. The number of nitrogens with zero attached hydrogens (tertiary/aromatic N) is 7. The molecule has 1 amide bonds. The Kier molecular flexibility index (Phi) is 9.66. The molecule has 5 aromatic rings. The predicted octanol–water partition coefficient (Wildman–Crippen LogP) is 6.03. The Morgan fingerprint density at radius 3 is 2.44 bits per heavy atom. The number of hydrogen-bond donors (Lipinski definition) is 1. The van der Waals surface area contributed by atoms with Gasteiger partial charge in [0.15, 0.2) is 5.82 Å². The monoisotopic (exact) mass is 800 g/mol. The summed E-state index contributed by atoms with van der Waals surface area (Å²) in [6.45, 7) is 2.66. The Hall–Kier alpha value is -5.44. The summed E-state index contributed by atoms with van der Waals surface area (Å²) in [5.41, 5.74) is 5.32. The minimum atomic E-state index is -0.841. The number of hydrogen-bond acceptors (Lipinski definition) is 12. The summed E-state index contributed by atoms with van der Waals surface area (Å²) in [6.07, 6.45) is 3.53. The number of nitriles is 1. The smallest absolute Gasteiger partial charge is 0.415 e. The average Bonchev–Trinajstić information content (AvgIpc) is 3.71. The first-order chi connectivity index (χ1) is 27.6. The summed E-state index contributed by atoms with van der Waals surface area (Å²) in [5.74, 6) is -0.875. The fraction of sp³-hybridized carbons (Fsp3) is 0.425. The number of thiophene rings is 1. The number of morpholine rings is 1. The number of methoxy groups -OCH3 is 1. The van der Waals surface area contributed by atoms with Crippen LogP contribution in [-0.4, -0.2) is 101 Å². The minimum Gasteiger partial charge on any atom is -0.467 e. The van der Waals surface area contributed by atoms with Crippen LogP contribution in [0.25, 0.3) is 32.2 Å². The molecule has 4 aliphatic heterocycles. The molecule has 13 nitrogen and oxygen atoms in total. The lowest BCUT2D eigenvalue weighted by molar-refractivity contribution is 0.0195. The van der Waals surface area contributed by atoms with E-state index in [2.05, 4.69) is 14.9 Å². The van der Waals surface area contributed by atoms with Crippen LogP contribution in [0.4, 0.5) is 28.8 Å². The second-order valence-electron chi connectivity index (χ2n) is 15.0. The van der Waals surface area contributed by atoms with Crippen LogP contribution >= 0.6 is 11.3 Å². The molecule has 10 rings (SSSR count). The Balaban J connectivity index is 0.000000411. The highest BCUT2D eigenvalue weighted by Crippen LogP contribution is 2.46. The molecule has 5 fully saturated rings. The zero-order chi connectivity index (χ0) is 39.5. The van der Waals surface area contributed by atoms with Crippen LogP contribution in [0, 0.1) is 23.0 Å². The van der Waals surface area contributed by atoms with Crippen LogP contribution in [0.3, 0.4) is 0 Å². The quantitative estimate of drug-likeness (QED) is 0.222. The summed E-state index contributed by atoms with van der Waals surface area (Å²) in [4.78, 5) is 42.5. The summed E-state index contributed by atoms with van der Waals surface area (Å²) in [7, 11) is 1.34. The second-order valence-corrected chi connectivity index (χ2v) is 16.1. The first-order valence-corrected chi connectivity index (χ1v) is 19.8. The zero-order valence-corrected chi connectivity index (χ0v) is 31.8. The maximum absolute atomic E-state index is 17.2. The molecule has 1 aliphatic carbocycles. The molecule has 296 valence electrons. The normalized spacial score (nSPS) is 22.9. The number of carbonyl (C=O) groups excluding carboxylic acids is 1. The van der Waals surface area contributed by atoms with E-state index in [1.54, 1.807) is 29.2 Å². The third-order valence-electron chi connectivity index (χ3n) is 11.4. The zero-order valence-electron chi connectivity index (χ0n) is 31.0. The number of para-hydroxylation sites is 1. The lowest BCUT2D eigenvalue weighted by Gasteiger charge is -2.49. The summed E-state index contributed by atoms with van der Waals surface area (Å²) < 4.78 is 63.1. The van der Waals surface area contributed by atoms with Crippen molar-refractivity contribution in [3.8, 4) is 29.1 Å².